The van der Waals surface area contributed by atoms with Gasteiger partial charge in [-0.15, -0.1) is 0 Å². The lowest BCUT2D eigenvalue weighted by atomic mass is 10.1. The first kappa shape index (κ1) is 13.4. The van der Waals surface area contributed by atoms with Gasteiger partial charge in [0.15, 0.2) is 0 Å². The lowest BCUT2D eigenvalue weighted by Gasteiger charge is -2.13. The molecule has 1 N–H and O–H groups in total. The molecule has 5 heteroatoms. The fraction of sp³-hybridized carbons (Fsp3) is 0.357. The summed E-state index contributed by atoms with van der Waals surface area (Å²) < 4.78 is 10.8. The average Bonchev–Trinajstić information content (AvgIpc) is 2.32. The Kier molecular flexibility index (Phi) is 3.76. The Morgan fingerprint density at radius 3 is 2.79 bits per heavy atom. The van der Waals surface area contributed by atoms with E-state index in [-0.39, 0.29) is 5.75 Å². The Hall–Kier alpha value is -2.01. The van der Waals surface area contributed by atoms with Gasteiger partial charge >= 0.3 is 5.63 Å². The van der Waals surface area contributed by atoms with Crippen molar-refractivity contribution in [2.75, 3.05) is 27.2 Å². The highest BCUT2D eigenvalue weighted by Crippen LogP contribution is 2.30. The predicted octanol–water partition coefficient (Wildman–Crippen LogP) is 1.75. The first-order valence-electron chi connectivity index (χ1n) is 6.03. The molecule has 0 aliphatic heterocycles. The molecular formula is C14H17NO4. The van der Waals surface area contributed by atoms with E-state index >= 15 is 0 Å². The molecule has 19 heavy (non-hydrogen) atoms. The van der Waals surface area contributed by atoms with Gasteiger partial charge in [-0.2, -0.15) is 0 Å². The molecule has 2 aromatic rings. The molecule has 1 aromatic heterocycles. The first-order chi connectivity index (χ1) is 8.99. The van der Waals surface area contributed by atoms with Crippen molar-refractivity contribution < 1.29 is 14.3 Å². The van der Waals surface area contributed by atoms with Gasteiger partial charge in [0.25, 0.3) is 0 Å². The maximum absolute atomic E-state index is 11.3. The molecular weight excluding hydrogens is 246 g/mol. The maximum atomic E-state index is 11.3. The number of benzene rings is 1. The highest BCUT2D eigenvalue weighted by atomic mass is 16.5. The van der Waals surface area contributed by atoms with Gasteiger partial charge in [-0.05, 0) is 33.2 Å². The normalized spacial score (nSPS) is 11.2. The molecule has 1 aromatic carbocycles. The Balaban J connectivity index is 2.37. The molecule has 5 nitrogen and oxygen atoms in total. The molecule has 0 aliphatic rings. The summed E-state index contributed by atoms with van der Waals surface area (Å²) >= 11 is 0. The fourth-order valence-corrected chi connectivity index (χ4v) is 1.82. The topological polar surface area (TPSA) is 62.9 Å². The van der Waals surface area contributed by atoms with Crippen LogP contribution in [0.5, 0.6) is 11.5 Å². The van der Waals surface area contributed by atoms with Crippen LogP contribution in [0.3, 0.4) is 0 Å². The van der Waals surface area contributed by atoms with Crippen LogP contribution in [0.1, 0.15) is 5.56 Å². The van der Waals surface area contributed by atoms with Gasteiger partial charge in [-0.1, -0.05) is 0 Å². The largest absolute Gasteiger partial charge is 0.507 e. The molecule has 0 bridgehead atoms. The molecule has 0 saturated heterocycles. The van der Waals surface area contributed by atoms with Gasteiger partial charge in [-0.25, -0.2) is 4.79 Å². The quantitative estimate of drug-likeness (QED) is 0.851. The third-order valence-corrected chi connectivity index (χ3v) is 2.89. The van der Waals surface area contributed by atoms with Crippen LogP contribution in [-0.2, 0) is 0 Å². The van der Waals surface area contributed by atoms with Crippen LogP contribution in [0.4, 0.5) is 0 Å². The van der Waals surface area contributed by atoms with Crippen molar-refractivity contribution in [3.05, 3.63) is 34.2 Å². The van der Waals surface area contributed by atoms with Gasteiger partial charge in [-0.3, -0.25) is 0 Å². The second-order valence-electron chi connectivity index (χ2n) is 4.67. The van der Waals surface area contributed by atoms with Crippen LogP contribution < -0.4 is 10.4 Å². The van der Waals surface area contributed by atoms with Crippen molar-refractivity contribution >= 4 is 11.0 Å². The summed E-state index contributed by atoms with van der Waals surface area (Å²) in [5.74, 6) is 0.581. The Morgan fingerprint density at radius 2 is 2.11 bits per heavy atom. The van der Waals surface area contributed by atoms with Crippen LogP contribution in [0, 0.1) is 6.92 Å². The number of aromatic hydroxyl groups is 1. The van der Waals surface area contributed by atoms with Crippen molar-refractivity contribution in [1.29, 1.82) is 0 Å². The molecule has 0 fully saturated rings. The number of rotatable bonds is 4. The first-order valence-corrected chi connectivity index (χ1v) is 6.03. The molecule has 2 rings (SSSR count). The second-order valence-corrected chi connectivity index (χ2v) is 4.67. The number of ether oxygens (including phenoxy) is 1. The Morgan fingerprint density at radius 1 is 1.37 bits per heavy atom. The number of fused-ring (bicyclic) bond motifs is 1. The minimum atomic E-state index is -0.571. The van der Waals surface area contributed by atoms with E-state index in [4.69, 9.17) is 9.15 Å². The zero-order chi connectivity index (χ0) is 14.0. The molecule has 0 amide bonds. The van der Waals surface area contributed by atoms with E-state index in [2.05, 4.69) is 0 Å². The molecule has 0 unspecified atom stereocenters. The third kappa shape index (κ3) is 2.88. The summed E-state index contributed by atoms with van der Waals surface area (Å²) in [4.78, 5) is 13.3. The van der Waals surface area contributed by atoms with Crippen molar-refractivity contribution in [2.24, 2.45) is 0 Å². The average molecular weight is 263 g/mol. The zero-order valence-corrected chi connectivity index (χ0v) is 11.3. The standard InChI is InChI=1S/C14H17NO4/c1-9-12(18-7-6-15(2)3)5-4-10-11(16)8-13(17)19-14(9)10/h4-5,8,16H,6-7H2,1-3H3. The molecule has 0 aliphatic carbocycles. The number of hydrogen-bond donors (Lipinski definition) is 1. The van der Waals surface area contributed by atoms with E-state index < -0.39 is 5.63 Å². The molecule has 0 atom stereocenters. The number of nitrogens with zero attached hydrogens (tertiary/aromatic N) is 1. The van der Waals surface area contributed by atoms with Crippen molar-refractivity contribution in [3.8, 4) is 11.5 Å². The van der Waals surface area contributed by atoms with Gasteiger partial charge in [0.2, 0.25) is 0 Å². The second kappa shape index (κ2) is 5.32. The minimum absolute atomic E-state index is 0.0748. The van der Waals surface area contributed by atoms with Crippen LogP contribution in [0.25, 0.3) is 11.0 Å². The fourth-order valence-electron chi connectivity index (χ4n) is 1.82. The smallest absolute Gasteiger partial charge is 0.339 e. The molecule has 102 valence electrons. The monoisotopic (exact) mass is 263 g/mol. The Labute approximate surface area is 111 Å². The van der Waals surface area contributed by atoms with Crippen molar-refractivity contribution in [3.63, 3.8) is 0 Å². The summed E-state index contributed by atoms with van der Waals surface area (Å²) in [6.45, 7) is 3.14. The van der Waals surface area contributed by atoms with Crippen LogP contribution in [-0.4, -0.2) is 37.3 Å². The summed E-state index contributed by atoms with van der Waals surface area (Å²) in [6.07, 6.45) is 0. The lowest BCUT2D eigenvalue weighted by molar-refractivity contribution is 0.260. The van der Waals surface area contributed by atoms with E-state index in [1.54, 1.807) is 19.1 Å². The zero-order valence-electron chi connectivity index (χ0n) is 11.3. The van der Waals surface area contributed by atoms with E-state index in [1.807, 2.05) is 19.0 Å². The molecule has 1 heterocycles. The highest BCUT2D eigenvalue weighted by molar-refractivity contribution is 5.86. The van der Waals surface area contributed by atoms with E-state index in [0.717, 1.165) is 12.6 Å². The molecule has 0 radical (unpaired) electrons. The lowest BCUT2D eigenvalue weighted by Crippen LogP contribution is -2.19. The van der Waals surface area contributed by atoms with Gasteiger partial charge in [0.1, 0.15) is 23.7 Å². The van der Waals surface area contributed by atoms with Crippen LogP contribution >= 0.6 is 0 Å². The van der Waals surface area contributed by atoms with Crippen molar-refractivity contribution in [1.82, 2.24) is 4.90 Å². The van der Waals surface area contributed by atoms with Crippen molar-refractivity contribution in [2.45, 2.75) is 6.92 Å². The van der Waals surface area contributed by atoms with Crippen LogP contribution in [0.2, 0.25) is 0 Å². The van der Waals surface area contributed by atoms with Gasteiger partial charge in [0, 0.05) is 12.1 Å². The van der Waals surface area contributed by atoms with E-state index in [0.29, 0.717) is 28.9 Å². The van der Waals surface area contributed by atoms with Crippen LogP contribution in [0.15, 0.2) is 27.4 Å². The van der Waals surface area contributed by atoms with Gasteiger partial charge in [0.05, 0.1) is 11.5 Å². The number of hydrogen-bond acceptors (Lipinski definition) is 5. The SMILES string of the molecule is Cc1c(OCCN(C)C)ccc2c(O)cc(=O)oc12. The molecule has 0 spiro atoms. The predicted molar refractivity (Wildman–Crippen MR) is 72.9 cm³/mol. The summed E-state index contributed by atoms with van der Waals surface area (Å²) in [5.41, 5.74) is 0.509. The number of aryl methyl sites for hydroxylation is 1. The van der Waals surface area contributed by atoms with E-state index in [9.17, 15) is 9.90 Å². The minimum Gasteiger partial charge on any atom is -0.507 e. The third-order valence-electron chi connectivity index (χ3n) is 2.89. The number of likely N-dealkylation sites (N-methyl/N-ethyl adjacent to an activating group) is 1. The molecule has 0 saturated carbocycles. The summed E-state index contributed by atoms with van der Waals surface area (Å²) in [7, 11) is 3.93. The van der Waals surface area contributed by atoms with E-state index in [1.165, 1.54) is 0 Å². The van der Waals surface area contributed by atoms with Gasteiger partial charge < -0.3 is 19.2 Å². The maximum Gasteiger partial charge on any atom is 0.339 e. The summed E-state index contributed by atoms with van der Waals surface area (Å²) in [5, 5.41) is 10.2. The Bertz CT molecular complexity index is 646. The highest BCUT2D eigenvalue weighted by Gasteiger charge is 2.11. The summed E-state index contributed by atoms with van der Waals surface area (Å²) in [6, 6.07) is 4.52.